The summed E-state index contributed by atoms with van der Waals surface area (Å²) in [6.45, 7) is 3.79. The summed E-state index contributed by atoms with van der Waals surface area (Å²) in [6.07, 6.45) is 3.74. The number of anilines is 3. The Labute approximate surface area is 151 Å². The second-order valence-electron chi connectivity index (χ2n) is 6.38. The van der Waals surface area contributed by atoms with Crippen molar-refractivity contribution in [3.8, 4) is 0 Å². The number of nitrogens with zero attached hydrogens (tertiary/aromatic N) is 1. The van der Waals surface area contributed by atoms with Crippen LogP contribution in [0.25, 0.3) is 0 Å². The van der Waals surface area contributed by atoms with Gasteiger partial charge in [0.15, 0.2) is 5.41 Å². The number of amides is 1. The van der Waals surface area contributed by atoms with Crippen LogP contribution in [0.1, 0.15) is 37.6 Å². The molecule has 0 aliphatic carbocycles. The molecular formula is C19H20N4O3. The van der Waals surface area contributed by atoms with Crippen LogP contribution in [-0.2, 0) is 19.7 Å². The van der Waals surface area contributed by atoms with Gasteiger partial charge in [0.2, 0.25) is 5.91 Å². The average Bonchev–Trinajstić information content (AvgIpc) is 3.18. The monoisotopic (exact) mass is 352 g/mol. The second kappa shape index (κ2) is 6.01. The third-order valence-electron chi connectivity index (χ3n) is 5.02. The van der Waals surface area contributed by atoms with Gasteiger partial charge in [-0.3, -0.25) is 14.6 Å². The SMILES string of the molecule is CCOC(=O)C1(CC)C(=O)Nc2cc3c(cc21)NC(c1cccnc1)N3. The van der Waals surface area contributed by atoms with Gasteiger partial charge in [-0.15, -0.1) is 0 Å². The molecular weight excluding hydrogens is 332 g/mol. The number of pyridine rings is 1. The number of carbonyl (C=O) groups is 2. The maximum atomic E-state index is 12.7. The quantitative estimate of drug-likeness (QED) is 0.579. The number of rotatable bonds is 4. The molecule has 1 amide bonds. The molecule has 2 aromatic rings. The fourth-order valence-corrected chi connectivity index (χ4v) is 3.66. The zero-order chi connectivity index (χ0) is 18.3. The van der Waals surface area contributed by atoms with Crippen LogP contribution < -0.4 is 16.0 Å². The van der Waals surface area contributed by atoms with Crippen LogP contribution in [0.3, 0.4) is 0 Å². The molecule has 1 aromatic heterocycles. The highest BCUT2D eigenvalue weighted by Crippen LogP contribution is 2.47. The molecule has 7 heteroatoms. The van der Waals surface area contributed by atoms with Crippen LogP contribution in [0.15, 0.2) is 36.7 Å². The largest absolute Gasteiger partial charge is 0.465 e. The predicted octanol–water partition coefficient (Wildman–Crippen LogP) is 2.78. The van der Waals surface area contributed by atoms with E-state index in [1.54, 1.807) is 19.3 Å². The minimum atomic E-state index is -1.30. The summed E-state index contributed by atoms with van der Waals surface area (Å²) < 4.78 is 5.21. The van der Waals surface area contributed by atoms with E-state index in [2.05, 4.69) is 20.9 Å². The van der Waals surface area contributed by atoms with Crippen LogP contribution in [0.5, 0.6) is 0 Å². The maximum absolute atomic E-state index is 12.7. The first-order valence-corrected chi connectivity index (χ1v) is 8.70. The van der Waals surface area contributed by atoms with E-state index in [-0.39, 0.29) is 18.7 Å². The lowest BCUT2D eigenvalue weighted by Gasteiger charge is -2.23. The molecule has 2 aliphatic rings. The summed E-state index contributed by atoms with van der Waals surface area (Å²) in [5.74, 6) is -0.839. The van der Waals surface area contributed by atoms with Gasteiger partial charge in [-0.2, -0.15) is 0 Å². The predicted molar refractivity (Wildman–Crippen MR) is 97.9 cm³/mol. The summed E-state index contributed by atoms with van der Waals surface area (Å²) in [5.41, 5.74) is 2.71. The van der Waals surface area contributed by atoms with Crippen LogP contribution in [0.4, 0.5) is 17.1 Å². The molecule has 0 saturated heterocycles. The van der Waals surface area contributed by atoms with Crippen molar-refractivity contribution in [3.63, 3.8) is 0 Å². The molecule has 3 N–H and O–H groups in total. The standard InChI is InChI=1S/C19H20N4O3/c1-3-19(18(25)26-4-2)12-8-14-15(9-13(12)23-17(19)24)22-16(21-14)11-6-5-7-20-10-11/h5-10,16,21-22H,3-4H2,1-2H3,(H,23,24). The minimum Gasteiger partial charge on any atom is -0.465 e. The Kier molecular flexibility index (Phi) is 3.79. The van der Waals surface area contributed by atoms with Crippen molar-refractivity contribution in [1.29, 1.82) is 0 Å². The van der Waals surface area contributed by atoms with Crippen LogP contribution in [-0.4, -0.2) is 23.5 Å². The fraction of sp³-hybridized carbons (Fsp3) is 0.316. The van der Waals surface area contributed by atoms with Crippen LogP contribution >= 0.6 is 0 Å². The number of aromatic nitrogens is 1. The van der Waals surface area contributed by atoms with Gasteiger partial charge in [0.1, 0.15) is 6.17 Å². The molecule has 0 bridgehead atoms. The Morgan fingerprint density at radius 1 is 1.23 bits per heavy atom. The Morgan fingerprint density at radius 3 is 2.65 bits per heavy atom. The molecule has 3 heterocycles. The smallest absolute Gasteiger partial charge is 0.326 e. The van der Waals surface area contributed by atoms with Crippen LogP contribution in [0, 0.1) is 0 Å². The second-order valence-corrected chi connectivity index (χ2v) is 6.38. The molecule has 2 atom stereocenters. The molecule has 1 aromatic carbocycles. The first-order valence-electron chi connectivity index (χ1n) is 8.70. The lowest BCUT2D eigenvalue weighted by atomic mass is 9.79. The van der Waals surface area contributed by atoms with Gasteiger partial charge in [-0.1, -0.05) is 13.0 Å². The lowest BCUT2D eigenvalue weighted by Crippen LogP contribution is -2.43. The molecule has 2 unspecified atom stereocenters. The van der Waals surface area contributed by atoms with Crippen LogP contribution in [0.2, 0.25) is 0 Å². The van der Waals surface area contributed by atoms with Crippen molar-refractivity contribution < 1.29 is 14.3 Å². The number of hydrogen-bond donors (Lipinski definition) is 3. The molecule has 134 valence electrons. The van der Waals surface area contributed by atoms with E-state index in [0.29, 0.717) is 17.7 Å². The number of nitrogens with one attached hydrogen (secondary N) is 3. The van der Waals surface area contributed by atoms with E-state index < -0.39 is 11.4 Å². The van der Waals surface area contributed by atoms with Crippen molar-refractivity contribution in [2.24, 2.45) is 0 Å². The maximum Gasteiger partial charge on any atom is 0.326 e. The summed E-state index contributed by atoms with van der Waals surface area (Å²) in [4.78, 5) is 29.4. The number of fused-ring (bicyclic) bond motifs is 2. The van der Waals surface area contributed by atoms with Gasteiger partial charge >= 0.3 is 5.97 Å². The first-order chi connectivity index (χ1) is 12.6. The van der Waals surface area contributed by atoms with Gasteiger partial charge in [-0.05, 0) is 31.5 Å². The Morgan fingerprint density at radius 2 is 2.00 bits per heavy atom. The van der Waals surface area contributed by atoms with Gasteiger partial charge in [0, 0.05) is 29.2 Å². The number of esters is 1. The molecule has 26 heavy (non-hydrogen) atoms. The summed E-state index contributed by atoms with van der Waals surface area (Å²) in [7, 11) is 0. The van der Waals surface area contributed by atoms with Crippen molar-refractivity contribution in [3.05, 3.63) is 47.8 Å². The number of benzene rings is 1. The third kappa shape index (κ3) is 2.23. The highest BCUT2D eigenvalue weighted by Gasteiger charge is 2.53. The third-order valence-corrected chi connectivity index (χ3v) is 5.02. The molecule has 2 aliphatic heterocycles. The summed E-state index contributed by atoms with van der Waals surface area (Å²) in [6, 6.07) is 7.59. The zero-order valence-corrected chi connectivity index (χ0v) is 14.6. The van der Waals surface area contributed by atoms with Gasteiger partial charge in [-0.25, -0.2) is 0 Å². The highest BCUT2D eigenvalue weighted by atomic mass is 16.5. The van der Waals surface area contributed by atoms with Crippen molar-refractivity contribution >= 4 is 28.9 Å². The molecule has 0 saturated carbocycles. The molecule has 0 fully saturated rings. The number of carbonyl (C=O) groups excluding carboxylic acids is 2. The molecule has 7 nitrogen and oxygen atoms in total. The Balaban J connectivity index is 1.73. The lowest BCUT2D eigenvalue weighted by molar-refractivity contribution is -0.153. The van der Waals surface area contributed by atoms with Crippen molar-refractivity contribution in [1.82, 2.24) is 4.98 Å². The summed E-state index contributed by atoms with van der Waals surface area (Å²) in [5, 5.41) is 9.61. The van der Waals surface area contributed by atoms with E-state index in [1.165, 1.54) is 0 Å². The van der Waals surface area contributed by atoms with E-state index in [1.807, 2.05) is 31.2 Å². The minimum absolute atomic E-state index is 0.115. The van der Waals surface area contributed by atoms with Gasteiger partial charge < -0.3 is 20.7 Å². The van der Waals surface area contributed by atoms with Crippen molar-refractivity contribution in [2.75, 3.05) is 22.6 Å². The number of hydrogen-bond acceptors (Lipinski definition) is 6. The fourth-order valence-electron chi connectivity index (χ4n) is 3.66. The van der Waals surface area contributed by atoms with Crippen molar-refractivity contribution in [2.45, 2.75) is 31.8 Å². The molecule has 4 rings (SSSR count). The van der Waals surface area contributed by atoms with Gasteiger partial charge in [0.25, 0.3) is 0 Å². The highest BCUT2D eigenvalue weighted by molar-refractivity contribution is 6.20. The summed E-state index contributed by atoms with van der Waals surface area (Å²) >= 11 is 0. The first kappa shape index (κ1) is 16.4. The topological polar surface area (TPSA) is 92.4 Å². The van der Waals surface area contributed by atoms with E-state index >= 15 is 0 Å². The Bertz CT molecular complexity index is 884. The molecule has 0 spiro atoms. The van der Waals surface area contributed by atoms with Gasteiger partial charge in [0.05, 0.1) is 18.0 Å². The Hall–Kier alpha value is -3.09. The number of ether oxygens (including phenoxy) is 1. The average molecular weight is 352 g/mol. The molecule has 0 radical (unpaired) electrons. The van der Waals surface area contributed by atoms with E-state index in [0.717, 1.165) is 16.9 Å². The van der Waals surface area contributed by atoms with E-state index in [4.69, 9.17) is 4.74 Å². The zero-order valence-electron chi connectivity index (χ0n) is 14.6. The normalized spacial score (nSPS) is 22.7. The van der Waals surface area contributed by atoms with E-state index in [9.17, 15) is 9.59 Å².